The van der Waals surface area contributed by atoms with Crippen molar-refractivity contribution in [2.45, 2.75) is 6.92 Å². The minimum absolute atomic E-state index is 0.678. The average Bonchev–Trinajstić information content (AvgIpc) is 2.10. The van der Waals surface area contributed by atoms with Crippen molar-refractivity contribution in [1.29, 1.82) is 0 Å². The van der Waals surface area contributed by atoms with Crippen LogP contribution in [0.4, 0.5) is 0 Å². The number of halogens is 2. The first-order chi connectivity index (χ1) is 4.24. The van der Waals surface area contributed by atoms with Crippen molar-refractivity contribution in [3.63, 3.8) is 0 Å². The largest absolute Gasteiger partial charge is 0.231 e. The van der Waals surface area contributed by atoms with Gasteiger partial charge in [-0.2, -0.15) is 5.10 Å². The Balaban J connectivity index is 3.01. The predicted octanol–water partition coefficient (Wildman–Crippen LogP) is 2.75. The second-order valence-electron chi connectivity index (χ2n) is 1.60. The molecule has 9 heavy (non-hydrogen) atoms. The van der Waals surface area contributed by atoms with Crippen LogP contribution in [-0.4, -0.2) is 9.55 Å². The summed E-state index contributed by atoms with van der Waals surface area (Å²) in [6, 6.07) is 2.01. The first kappa shape index (κ1) is 7.95. The minimum Gasteiger partial charge on any atom is -0.231 e. The Morgan fingerprint density at radius 2 is 2.56 bits per heavy atom. The Kier molecular flexibility index (Phi) is 2.92. The summed E-state index contributed by atoms with van der Waals surface area (Å²) in [7, 11) is 0. The van der Waals surface area contributed by atoms with Crippen molar-refractivity contribution < 1.29 is 0 Å². The van der Waals surface area contributed by atoms with E-state index in [1.165, 1.54) is 0 Å². The number of nitrogens with zero attached hydrogens (tertiary/aromatic N) is 2. The molecular weight excluding hydrogens is 314 g/mol. The third kappa shape index (κ3) is 1.88. The van der Waals surface area contributed by atoms with Crippen molar-refractivity contribution in [3.8, 4) is 0 Å². The van der Waals surface area contributed by atoms with Gasteiger partial charge in [0.25, 0.3) is 0 Å². The van der Waals surface area contributed by atoms with Gasteiger partial charge in [-0.15, -0.1) is 0 Å². The van der Waals surface area contributed by atoms with Crippen LogP contribution in [-0.2, 0) is 0 Å². The van der Waals surface area contributed by atoms with Gasteiger partial charge in [-0.25, -0.2) is 4.45 Å². The van der Waals surface area contributed by atoms with Gasteiger partial charge in [0.15, 0.2) is 0 Å². The lowest BCUT2D eigenvalue weighted by Crippen LogP contribution is -1.82. The SMILES string of the molecule is Cc1cc(Br)n(PI)n1. The lowest BCUT2D eigenvalue weighted by molar-refractivity contribution is 0.962. The molecule has 0 fully saturated rings. The van der Waals surface area contributed by atoms with Crippen molar-refractivity contribution in [2.75, 3.05) is 0 Å². The topological polar surface area (TPSA) is 17.8 Å². The van der Waals surface area contributed by atoms with Gasteiger partial charge in [0.1, 0.15) is 4.60 Å². The molecule has 0 N–H and O–H groups in total. The predicted molar refractivity (Wildman–Crippen MR) is 52.4 cm³/mol. The van der Waals surface area contributed by atoms with Crippen molar-refractivity contribution in [1.82, 2.24) is 9.55 Å². The van der Waals surface area contributed by atoms with Gasteiger partial charge >= 0.3 is 0 Å². The molecule has 0 aliphatic carbocycles. The monoisotopic (exact) mass is 318 g/mol. The highest BCUT2D eigenvalue weighted by molar-refractivity contribution is 14.2. The van der Waals surface area contributed by atoms with Crippen LogP contribution in [0, 0.1) is 6.92 Å². The van der Waals surface area contributed by atoms with Crippen molar-refractivity contribution in [3.05, 3.63) is 16.4 Å². The molecule has 1 rings (SSSR count). The highest BCUT2D eigenvalue weighted by Gasteiger charge is 1.97. The fourth-order valence-electron chi connectivity index (χ4n) is 0.527. The summed E-state index contributed by atoms with van der Waals surface area (Å²) in [5, 5.41) is 4.20. The minimum atomic E-state index is 0.678. The molecule has 0 spiro atoms. The molecule has 50 valence electrons. The summed E-state index contributed by atoms with van der Waals surface area (Å²) < 4.78 is 2.99. The highest BCUT2D eigenvalue weighted by atomic mass is 127. The van der Waals surface area contributed by atoms with Crippen LogP contribution in [0.5, 0.6) is 0 Å². The number of hydrogen-bond acceptors (Lipinski definition) is 1. The Morgan fingerprint density at radius 3 is 2.78 bits per heavy atom. The second kappa shape index (κ2) is 3.30. The first-order valence-electron chi connectivity index (χ1n) is 2.33. The van der Waals surface area contributed by atoms with Crippen LogP contribution in [0.3, 0.4) is 0 Å². The van der Waals surface area contributed by atoms with E-state index >= 15 is 0 Å². The van der Waals surface area contributed by atoms with Gasteiger partial charge < -0.3 is 0 Å². The lowest BCUT2D eigenvalue weighted by atomic mass is 10.5. The average molecular weight is 319 g/mol. The quantitative estimate of drug-likeness (QED) is 0.575. The molecule has 1 unspecified atom stereocenters. The van der Waals surface area contributed by atoms with E-state index < -0.39 is 0 Å². The van der Waals surface area contributed by atoms with Gasteiger partial charge in [0.2, 0.25) is 0 Å². The molecule has 1 aromatic rings. The molecule has 1 heterocycles. The molecular formula is C4H5BrIN2P. The van der Waals surface area contributed by atoms with E-state index in [-0.39, 0.29) is 0 Å². The summed E-state index contributed by atoms with van der Waals surface area (Å²) in [6.45, 7) is 1.98. The normalized spacial score (nSPS) is 11.4. The summed E-state index contributed by atoms with van der Waals surface area (Å²) in [5.74, 6) is 0. The number of hydrogen-bond donors (Lipinski definition) is 0. The number of aryl methyl sites for hydroxylation is 1. The summed E-state index contributed by atoms with van der Waals surface area (Å²) in [5.41, 5.74) is 1.06. The Labute approximate surface area is 76.8 Å². The fraction of sp³-hybridized carbons (Fsp3) is 0.250. The molecule has 0 aliphatic heterocycles. The van der Waals surface area contributed by atoms with Crippen LogP contribution in [0.25, 0.3) is 0 Å². The van der Waals surface area contributed by atoms with Gasteiger partial charge in [-0.1, -0.05) is 0 Å². The van der Waals surface area contributed by atoms with Gasteiger partial charge in [0, 0.05) is 0 Å². The smallest absolute Gasteiger partial charge is 0.109 e. The van der Waals surface area contributed by atoms with E-state index in [0.29, 0.717) is 6.37 Å². The molecule has 1 aromatic heterocycles. The highest BCUT2D eigenvalue weighted by Crippen LogP contribution is 2.27. The number of aromatic nitrogens is 2. The maximum absolute atomic E-state index is 4.20. The third-order valence-corrected chi connectivity index (χ3v) is 3.63. The zero-order valence-electron chi connectivity index (χ0n) is 4.73. The molecule has 5 heteroatoms. The van der Waals surface area contributed by atoms with E-state index in [0.717, 1.165) is 10.3 Å². The molecule has 0 aromatic carbocycles. The second-order valence-corrected chi connectivity index (χ2v) is 4.46. The van der Waals surface area contributed by atoms with Crippen LogP contribution < -0.4 is 0 Å². The zero-order valence-corrected chi connectivity index (χ0v) is 9.47. The Bertz CT molecular complexity index is 212. The summed E-state index contributed by atoms with van der Waals surface area (Å²) >= 11 is 5.67. The molecule has 0 bridgehead atoms. The lowest BCUT2D eigenvalue weighted by Gasteiger charge is -1.91. The van der Waals surface area contributed by atoms with Gasteiger partial charge in [-0.05, 0) is 51.0 Å². The molecule has 1 atom stereocenters. The molecule has 0 radical (unpaired) electrons. The van der Waals surface area contributed by atoms with E-state index in [2.05, 4.69) is 43.1 Å². The molecule has 0 amide bonds. The molecule has 0 aliphatic rings. The Hall–Kier alpha value is 0.850. The molecule has 2 nitrogen and oxygen atoms in total. The molecule has 0 saturated carbocycles. The van der Waals surface area contributed by atoms with E-state index in [4.69, 9.17) is 0 Å². The molecule has 0 saturated heterocycles. The summed E-state index contributed by atoms with van der Waals surface area (Å²) in [4.78, 5) is 0. The maximum Gasteiger partial charge on any atom is 0.109 e. The van der Waals surface area contributed by atoms with Gasteiger partial charge in [0.05, 0.1) is 12.1 Å². The van der Waals surface area contributed by atoms with Crippen molar-refractivity contribution >= 4 is 44.3 Å². The van der Waals surface area contributed by atoms with Crippen LogP contribution in [0.1, 0.15) is 5.69 Å². The van der Waals surface area contributed by atoms with Crippen LogP contribution in [0.15, 0.2) is 10.7 Å². The van der Waals surface area contributed by atoms with E-state index in [1.807, 2.05) is 17.4 Å². The summed E-state index contributed by atoms with van der Waals surface area (Å²) in [6.07, 6.45) is 0.678. The van der Waals surface area contributed by atoms with E-state index in [1.54, 1.807) is 0 Å². The zero-order chi connectivity index (χ0) is 6.85. The van der Waals surface area contributed by atoms with Crippen LogP contribution in [0.2, 0.25) is 0 Å². The van der Waals surface area contributed by atoms with Crippen molar-refractivity contribution in [2.24, 2.45) is 0 Å². The van der Waals surface area contributed by atoms with Crippen LogP contribution >= 0.6 is 44.3 Å². The van der Waals surface area contributed by atoms with Gasteiger partial charge in [-0.3, -0.25) is 0 Å². The Morgan fingerprint density at radius 1 is 1.89 bits per heavy atom. The fourth-order valence-corrected chi connectivity index (χ4v) is 3.64. The maximum atomic E-state index is 4.20. The third-order valence-electron chi connectivity index (χ3n) is 0.868. The first-order valence-corrected chi connectivity index (χ1v) is 7.18. The number of rotatable bonds is 1. The van der Waals surface area contributed by atoms with E-state index in [9.17, 15) is 0 Å². The standard InChI is InChI=1S/C4H5BrIN2P/c1-3-2-4(5)8(7-3)9-6/h2,9H,1H3.